The van der Waals surface area contributed by atoms with Gasteiger partial charge in [-0.1, -0.05) is 18.5 Å². The molecule has 78 valence electrons. The predicted octanol–water partition coefficient (Wildman–Crippen LogP) is 1.43. The first-order valence-electron chi connectivity index (χ1n) is 4.15. The fraction of sp³-hybridized carbons (Fsp3) is 0.500. The Kier molecular flexibility index (Phi) is 4.44. The molecule has 0 saturated heterocycles. The van der Waals surface area contributed by atoms with Crippen LogP contribution >= 0.6 is 23.4 Å². The molecule has 0 amide bonds. The third-order valence-corrected chi connectivity index (χ3v) is 2.95. The van der Waals surface area contributed by atoms with Crippen LogP contribution in [0.2, 0.25) is 5.15 Å². The van der Waals surface area contributed by atoms with Crippen molar-refractivity contribution in [2.75, 3.05) is 18.1 Å². The number of nitrogens with zero attached hydrogens (tertiary/aromatic N) is 2. The summed E-state index contributed by atoms with van der Waals surface area (Å²) in [6.07, 6.45) is 0. The van der Waals surface area contributed by atoms with Gasteiger partial charge in [0.2, 0.25) is 5.95 Å². The van der Waals surface area contributed by atoms with Crippen LogP contribution in [0, 0.1) is 5.92 Å². The zero-order valence-electron chi connectivity index (χ0n) is 7.77. The molecule has 3 N–H and O–H groups in total. The van der Waals surface area contributed by atoms with Gasteiger partial charge in [-0.2, -0.15) is 0 Å². The highest BCUT2D eigenvalue weighted by Gasteiger charge is 2.04. The fourth-order valence-electron chi connectivity index (χ4n) is 0.768. The van der Waals surface area contributed by atoms with E-state index in [1.807, 2.05) is 6.92 Å². The number of halogens is 1. The number of nitrogens with two attached hydrogens (primary N) is 1. The predicted molar refractivity (Wildman–Crippen MR) is 58.4 cm³/mol. The summed E-state index contributed by atoms with van der Waals surface area (Å²) in [6.45, 7) is 2.13. The first-order valence-corrected chi connectivity index (χ1v) is 5.52. The van der Waals surface area contributed by atoms with E-state index in [0.29, 0.717) is 5.15 Å². The second kappa shape index (κ2) is 5.38. The Morgan fingerprint density at radius 1 is 1.64 bits per heavy atom. The first-order chi connectivity index (χ1) is 6.61. The molecule has 1 atom stereocenters. The summed E-state index contributed by atoms with van der Waals surface area (Å²) in [6, 6.07) is 1.66. The van der Waals surface area contributed by atoms with Crippen molar-refractivity contribution in [1.29, 1.82) is 0 Å². The lowest BCUT2D eigenvalue weighted by atomic mass is 10.2. The van der Waals surface area contributed by atoms with Crippen molar-refractivity contribution in [2.24, 2.45) is 5.92 Å². The van der Waals surface area contributed by atoms with Gasteiger partial charge in [0, 0.05) is 18.4 Å². The van der Waals surface area contributed by atoms with Crippen molar-refractivity contribution in [1.82, 2.24) is 9.97 Å². The number of aliphatic hydroxyl groups is 1. The third kappa shape index (κ3) is 3.69. The van der Waals surface area contributed by atoms with Crippen molar-refractivity contribution >= 4 is 29.3 Å². The zero-order chi connectivity index (χ0) is 10.6. The molecular formula is C8H12ClN3OS. The number of aromatic nitrogens is 2. The lowest BCUT2D eigenvalue weighted by Gasteiger charge is -2.06. The van der Waals surface area contributed by atoms with Crippen LogP contribution in [0.25, 0.3) is 0 Å². The number of thioether (sulfide) groups is 1. The Morgan fingerprint density at radius 3 is 2.93 bits per heavy atom. The second-order valence-electron chi connectivity index (χ2n) is 2.99. The van der Waals surface area contributed by atoms with Crippen molar-refractivity contribution in [3.8, 4) is 0 Å². The highest BCUT2D eigenvalue weighted by atomic mass is 35.5. The maximum atomic E-state index is 8.83. The highest BCUT2D eigenvalue weighted by molar-refractivity contribution is 7.99. The molecule has 0 bridgehead atoms. The topological polar surface area (TPSA) is 72.0 Å². The fourth-order valence-corrected chi connectivity index (χ4v) is 1.94. The zero-order valence-corrected chi connectivity index (χ0v) is 9.35. The molecule has 14 heavy (non-hydrogen) atoms. The molecule has 0 saturated carbocycles. The summed E-state index contributed by atoms with van der Waals surface area (Å²) in [4.78, 5) is 7.75. The Hall–Kier alpha value is -0.520. The number of anilines is 1. The summed E-state index contributed by atoms with van der Waals surface area (Å²) in [5, 5.41) is 9.91. The van der Waals surface area contributed by atoms with E-state index in [1.54, 1.807) is 6.07 Å². The number of rotatable bonds is 4. The van der Waals surface area contributed by atoms with Gasteiger partial charge in [-0.25, -0.2) is 9.97 Å². The summed E-state index contributed by atoms with van der Waals surface area (Å²) in [5.74, 6) is 1.19. The van der Waals surface area contributed by atoms with Gasteiger partial charge in [-0.3, -0.25) is 0 Å². The van der Waals surface area contributed by atoms with E-state index in [9.17, 15) is 0 Å². The van der Waals surface area contributed by atoms with Gasteiger partial charge in [0.1, 0.15) is 10.2 Å². The molecule has 1 aromatic rings. The van der Waals surface area contributed by atoms with Gasteiger partial charge in [0.05, 0.1) is 0 Å². The van der Waals surface area contributed by atoms with E-state index >= 15 is 0 Å². The van der Waals surface area contributed by atoms with E-state index in [2.05, 4.69) is 9.97 Å². The summed E-state index contributed by atoms with van der Waals surface area (Å²) in [5.41, 5.74) is 5.43. The van der Waals surface area contributed by atoms with Gasteiger partial charge >= 0.3 is 0 Å². The molecule has 4 nitrogen and oxygen atoms in total. The maximum absolute atomic E-state index is 8.83. The Morgan fingerprint density at radius 2 is 2.36 bits per heavy atom. The van der Waals surface area contributed by atoms with Gasteiger partial charge < -0.3 is 10.8 Å². The van der Waals surface area contributed by atoms with Crippen LogP contribution in [-0.2, 0) is 0 Å². The maximum Gasteiger partial charge on any atom is 0.222 e. The lowest BCUT2D eigenvalue weighted by Crippen LogP contribution is -2.04. The van der Waals surface area contributed by atoms with E-state index in [0.717, 1.165) is 10.8 Å². The molecule has 6 heteroatoms. The number of aliphatic hydroxyl groups excluding tert-OH is 1. The average Bonchev–Trinajstić information content (AvgIpc) is 2.12. The molecule has 0 aliphatic rings. The normalized spacial score (nSPS) is 12.8. The molecule has 0 aromatic carbocycles. The monoisotopic (exact) mass is 233 g/mol. The standard InChI is InChI=1S/C8H12ClN3OS/c1-5(3-13)4-14-7-2-6(9)11-8(10)12-7/h2,5,13H,3-4H2,1H3,(H2,10,11,12). The Balaban J connectivity index is 2.58. The van der Waals surface area contributed by atoms with Gasteiger partial charge in [0.15, 0.2) is 0 Å². The minimum absolute atomic E-state index is 0.168. The molecule has 1 aromatic heterocycles. The van der Waals surface area contributed by atoms with Crippen LogP contribution in [0.15, 0.2) is 11.1 Å². The minimum atomic E-state index is 0.168. The summed E-state index contributed by atoms with van der Waals surface area (Å²) in [7, 11) is 0. The average molecular weight is 234 g/mol. The molecule has 1 rings (SSSR count). The van der Waals surface area contributed by atoms with E-state index in [1.165, 1.54) is 11.8 Å². The van der Waals surface area contributed by atoms with Gasteiger partial charge in [0.25, 0.3) is 0 Å². The van der Waals surface area contributed by atoms with Crippen LogP contribution in [0.5, 0.6) is 0 Å². The van der Waals surface area contributed by atoms with E-state index in [-0.39, 0.29) is 18.5 Å². The molecule has 0 aliphatic carbocycles. The van der Waals surface area contributed by atoms with Crippen molar-refractivity contribution in [2.45, 2.75) is 11.9 Å². The van der Waals surface area contributed by atoms with Crippen LogP contribution in [0.4, 0.5) is 5.95 Å². The van der Waals surface area contributed by atoms with Crippen LogP contribution in [-0.4, -0.2) is 27.4 Å². The largest absolute Gasteiger partial charge is 0.396 e. The third-order valence-electron chi connectivity index (χ3n) is 1.52. The number of hydrogen-bond donors (Lipinski definition) is 2. The molecule has 1 heterocycles. The van der Waals surface area contributed by atoms with Gasteiger partial charge in [-0.05, 0) is 5.92 Å². The van der Waals surface area contributed by atoms with Crippen LogP contribution < -0.4 is 5.73 Å². The van der Waals surface area contributed by atoms with Crippen molar-refractivity contribution in [3.63, 3.8) is 0 Å². The van der Waals surface area contributed by atoms with Crippen LogP contribution in [0.1, 0.15) is 6.92 Å². The highest BCUT2D eigenvalue weighted by Crippen LogP contribution is 2.21. The van der Waals surface area contributed by atoms with E-state index in [4.69, 9.17) is 22.4 Å². The SMILES string of the molecule is CC(CO)CSc1cc(Cl)nc(N)n1. The Bertz CT molecular complexity index is 290. The van der Waals surface area contributed by atoms with E-state index < -0.39 is 0 Å². The van der Waals surface area contributed by atoms with Crippen LogP contribution in [0.3, 0.4) is 0 Å². The van der Waals surface area contributed by atoms with Crippen molar-refractivity contribution < 1.29 is 5.11 Å². The minimum Gasteiger partial charge on any atom is -0.396 e. The second-order valence-corrected chi connectivity index (χ2v) is 4.41. The number of nitrogen functional groups attached to an aromatic ring is 1. The first kappa shape index (κ1) is 11.6. The smallest absolute Gasteiger partial charge is 0.222 e. The molecule has 0 spiro atoms. The molecule has 1 unspecified atom stereocenters. The Labute approximate surface area is 91.9 Å². The van der Waals surface area contributed by atoms with Gasteiger partial charge in [-0.15, -0.1) is 11.8 Å². The lowest BCUT2D eigenvalue weighted by molar-refractivity contribution is 0.250. The summed E-state index contributed by atoms with van der Waals surface area (Å²) < 4.78 is 0. The molecule has 0 aliphatic heterocycles. The quantitative estimate of drug-likeness (QED) is 0.608. The summed E-state index contributed by atoms with van der Waals surface area (Å²) >= 11 is 7.21. The number of hydrogen-bond acceptors (Lipinski definition) is 5. The molecule has 0 fully saturated rings. The van der Waals surface area contributed by atoms with Crippen molar-refractivity contribution in [3.05, 3.63) is 11.2 Å². The molecular weight excluding hydrogens is 222 g/mol. The molecule has 0 radical (unpaired) electrons.